The van der Waals surface area contributed by atoms with Crippen LogP contribution in [0.25, 0.3) is 0 Å². The van der Waals surface area contributed by atoms with Crippen LogP contribution in [0.4, 0.5) is 36.8 Å². The number of carbonyl (C=O) groups excluding carboxylic acids is 1. The SMILES string of the molecule is O=C(NCc1cccc(OC(F)(F)F)c1)Nc1ccc(Cl)cc1C(F)(F)F. The Morgan fingerprint density at radius 1 is 1.04 bits per heavy atom. The molecule has 27 heavy (non-hydrogen) atoms. The van der Waals surface area contributed by atoms with Gasteiger partial charge in [-0.2, -0.15) is 13.2 Å². The van der Waals surface area contributed by atoms with E-state index in [0.717, 1.165) is 18.2 Å². The Kier molecular flexibility index (Phi) is 6.09. The monoisotopic (exact) mass is 412 g/mol. The van der Waals surface area contributed by atoms with Crippen molar-refractivity contribution in [2.75, 3.05) is 5.32 Å². The molecule has 0 radical (unpaired) electrons. The summed E-state index contributed by atoms with van der Waals surface area (Å²) in [5, 5.41) is 4.11. The lowest BCUT2D eigenvalue weighted by atomic mass is 10.1. The number of urea groups is 1. The Hall–Kier alpha value is -2.62. The Labute approximate surface area is 154 Å². The third kappa shape index (κ3) is 6.55. The first-order chi connectivity index (χ1) is 12.4. The van der Waals surface area contributed by atoms with Crippen LogP contribution in [0.2, 0.25) is 5.02 Å². The van der Waals surface area contributed by atoms with Crippen LogP contribution in [0, 0.1) is 0 Å². The number of amides is 2. The second-order valence-electron chi connectivity index (χ2n) is 5.19. The molecule has 2 amide bonds. The lowest BCUT2D eigenvalue weighted by Crippen LogP contribution is -2.29. The van der Waals surface area contributed by atoms with Crippen LogP contribution in [-0.2, 0) is 12.7 Å². The van der Waals surface area contributed by atoms with Crippen molar-refractivity contribution in [2.24, 2.45) is 0 Å². The molecule has 0 bridgehead atoms. The minimum absolute atomic E-state index is 0.158. The lowest BCUT2D eigenvalue weighted by molar-refractivity contribution is -0.274. The Morgan fingerprint density at radius 2 is 1.74 bits per heavy atom. The minimum atomic E-state index is -4.87. The first-order valence-electron chi connectivity index (χ1n) is 7.20. The second kappa shape index (κ2) is 7.95. The van der Waals surface area contributed by atoms with Gasteiger partial charge < -0.3 is 15.4 Å². The zero-order valence-electron chi connectivity index (χ0n) is 13.2. The molecule has 2 N–H and O–H groups in total. The van der Waals surface area contributed by atoms with Crippen molar-refractivity contribution in [3.05, 3.63) is 58.6 Å². The molecule has 0 aliphatic rings. The average molecular weight is 413 g/mol. The van der Waals surface area contributed by atoms with Crippen molar-refractivity contribution in [2.45, 2.75) is 19.1 Å². The number of ether oxygens (including phenoxy) is 1. The maximum absolute atomic E-state index is 13.0. The highest BCUT2D eigenvalue weighted by Crippen LogP contribution is 2.36. The van der Waals surface area contributed by atoms with Crippen molar-refractivity contribution in [1.29, 1.82) is 0 Å². The molecule has 2 aromatic carbocycles. The number of hydrogen-bond acceptors (Lipinski definition) is 2. The van der Waals surface area contributed by atoms with Gasteiger partial charge >= 0.3 is 18.6 Å². The van der Waals surface area contributed by atoms with Gasteiger partial charge in [-0.15, -0.1) is 13.2 Å². The van der Waals surface area contributed by atoms with E-state index >= 15 is 0 Å². The molecule has 4 nitrogen and oxygen atoms in total. The zero-order chi connectivity index (χ0) is 20.2. The molecule has 0 atom stereocenters. The largest absolute Gasteiger partial charge is 0.573 e. The quantitative estimate of drug-likeness (QED) is 0.644. The van der Waals surface area contributed by atoms with E-state index in [-0.39, 0.29) is 17.1 Å². The van der Waals surface area contributed by atoms with E-state index < -0.39 is 35.6 Å². The van der Waals surface area contributed by atoms with Crippen LogP contribution >= 0.6 is 11.6 Å². The maximum Gasteiger partial charge on any atom is 0.573 e. The molecule has 2 aromatic rings. The van der Waals surface area contributed by atoms with Crippen molar-refractivity contribution in [1.82, 2.24) is 5.32 Å². The number of carbonyl (C=O) groups is 1. The normalized spacial score (nSPS) is 11.8. The van der Waals surface area contributed by atoms with Crippen LogP contribution in [0.15, 0.2) is 42.5 Å². The summed E-state index contributed by atoms with van der Waals surface area (Å²) < 4.78 is 79.2. The van der Waals surface area contributed by atoms with Crippen molar-refractivity contribution in [3.8, 4) is 5.75 Å². The molecule has 0 aliphatic carbocycles. The summed E-state index contributed by atoms with van der Waals surface area (Å²) in [4.78, 5) is 11.8. The summed E-state index contributed by atoms with van der Waals surface area (Å²) in [6.07, 6.45) is -9.61. The number of hydrogen-bond donors (Lipinski definition) is 2. The molecule has 146 valence electrons. The van der Waals surface area contributed by atoms with Gasteiger partial charge in [-0.25, -0.2) is 4.79 Å². The van der Waals surface area contributed by atoms with E-state index in [1.807, 2.05) is 5.32 Å². The molecule has 0 saturated carbocycles. The molecule has 0 aliphatic heterocycles. The standard InChI is InChI=1S/C16H11ClF6N2O2/c17-10-4-5-13(12(7-10)15(18,19)20)25-14(26)24-8-9-2-1-3-11(6-9)27-16(21,22)23/h1-7H,8H2,(H2,24,25,26). The number of halogens is 7. The average Bonchev–Trinajstić information content (AvgIpc) is 2.52. The Morgan fingerprint density at radius 3 is 2.37 bits per heavy atom. The van der Waals surface area contributed by atoms with E-state index in [1.54, 1.807) is 0 Å². The fourth-order valence-corrected chi connectivity index (χ4v) is 2.23. The summed E-state index contributed by atoms with van der Waals surface area (Å²) in [5.41, 5.74) is -1.40. The summed E-state index contributed by atoms with van der Waals surface area (Å²) in [6, 6.07) is 6.63. The maximum atomic E-state index is 13.0. The highest BCUT2D eigenvalue weighted by molar-refractivity contribution is 6.30. The van der Waals surface area contributed by atoms with E-state index in [1.165, 1.54) is 18.2 Å². The van der Waals surface area contributed by atoms with Gasteiger partial charge in [0.15, 0.2) is 0 Å². The third-order valence-electron chi connectivity index (χ3n) is 3.12. The third-order valence-corrected chi connectivity index (χ3v) is 3.36. The number of nitrogens with one attached hydrogen (secondary N) is 2. The Balaban J connectivity index is 2.03. The van der Waals surface area contributed by atoms with Crippen LogP contribution < -0.4 is 15.4 Å². The Bertz CT molecular complexity index is 823. The van der Waals surface area contributed by atoms with Gasteiger partial charge in [0.2, 0.25) is 0 Å². The van der Waals surface area contributed by atoms with Crippen molar-refractivity contribution >= 4 is 23.3 Å². The van der Waals surface area contributed by atoms with Gasteiger partial charge in [-0.1, -0.05) is 23.7 Å². The molecule has 2 rings (SSSR count). The summed E-state index contributed by atoms with van der Waals surface area (Å²) in [5.74, 6) is -0.487. The van der Waals surface area contributed by atoms with Crippen LogP contribution in [0.3, 0.4) is 0 Å². The predicted molar refractivity (Wildman–Crippen MR) is 85.4 cm³/mol. The molecular weight excluding hydrogens is 402 g/mol. The van der Waals surface area contributed by atoms with Crippen LogP contribution in [0.1, 0.15) is 11.1 Å². The molecule has 0 fully saturated rings. The summed E-state index contributed by atoms with van der Waals surface area (Å²) in [7, 11) is 0. The molecule has 0 spiro atoms. The summed E-state index contributed by atoms with van der Waals surface area (Å²) in [6.45, 7) is -0.240. The summed E-state index contributed by atoms with van der Waals surface area (Å²) >= 11 is 5.54. The van der Waals surface area contributed by atoms with Gasteiger partial charge in [0, 0.05) is 11.6 Å². The first kappa shape index (κ1) is 20.7. The highest BCUT2D eigenvalue weighted by atomic mass is 35.5. The van der Waals surface area contributed by atoms with E-state index in [2.05, 4.69) is 10.1 Å². The highest BCUT2D eigenvalue weighted by Gasteiger charge is 2.34. The fraction of sp³-hybridized carbons (Fsp3) is 0.188. The molecule has 11 heteroatoms. The molecule has 0 heterocycles. The van der Waals surface area contributed by atoms with E-state index in [4.69, 9.17) is 11.6 Å². The number of benzene rings is 2. The first-order valence-corrected chi connectivity index (χ1v) is 7.58. The molecule has 0 saturated heterocycles. The number of anilines is 1. The van der Waals surface area contributed by atoms with E-state index in [9.17, 15) is 31.1 Å². The van der Waals surface area contributed by atoms with E-state index in [0.29, 0.717) is 6.07 Å². The van der Waals surface area contributed by atoms with Gasteiger partial charge in [0.25, 0.3) is 0 Å². The fourth-order valence-electron chi connectivity index (χ4n) is 2.06. The lowest BCUT2D eigenvalue weighted by Gasteiger charge is -2.15. The van der Waals surface area contributed by atoms with Crippen molar-refractivity contribution < 1.29 is 35.9 Å². The minimum Gasteiger partial charge on any atom is -0.406 e. The predicted octanol–water partition coefficient (Wildman–Crippen LogP) is 5.58. The molecular formula is C16H11ClF6N2O2. The smallest absolute Gasteiger partial charge is 0.406 e. The van der Waals surface area contributed by atoms with Gasteiger partial charge in [0.1, 0.15) is 5.75 Å². The van der Waals surface area contributed by atoms with Crippen LogP contribution in [-0.4, -0.2) is 12.4 Å². The molecule has 0 aromatic heterocycles. The topological polar surface area (TPSA) is 50.4 Å². The van der Waals surface area contributed by atoms with Gasteiger partial charge in [-0.3, -0.25) is 0 Å². The number of alkyl halides is 6. The van der Waals surface area contributed by atoms with Gasteiger partial charge in [0.05, 0.1) is 11.3 Å². The van der Waals surface area contributed by atoms with Crippen molar-refractivity contribution in [3.63, 3.8) is 0 Å². The zero-order valence-corrected chi connectivity index (χ0v) is 14.0. The van der Waals surface area contributed by atoms with Gasteiger partial charge in [-0.05, 0) is 35.9 Å². The number of rotatable bonds is 4. The second-order valence-corrected chi connectivity index (χ2v) is 5.63. The molecule has 0 unspecified atom stereocenters. The van der Waals surface area contributed by atoms with Crippen LogP contribution in [0.5, 0.6) is 5.75 Å².